The van der Waals surface area contributed by atoms with Gasteiger partial charge in [-0.2, -0.15) is 0 Å². The van der Waals surface area contributed by atoms with Crippen molar-refractivity contribution in [3.63, 3.8) is 0 Å². The van der Waals surface area contributed by atoms with Crippen LogP contribution in [0.25, 0.3) is 11.1 Å². The highest BCUT2D eigenvalue weighted by Crippen LogP contribution is 2.42. The molecule has 0 radical (unpaired) electrons. The number of methoxy groups -OCH3 is 1. The Morgan fingerprint density at radius 3 is 1.97 bits per heavy atom. The fourth-order valence-corrected chi connectivity index (χ4v) is 3.94. The van der Waals surface area contributed by atoms with Crippen LogP contribution in [0.2, 0.25) is 0 Å². The van der Waals surface area contributed by atoms with Gasteiger partial charge in [0.2, 0.25) is 0 Å². The summed E-state index contributed by atoms with van der Waals surface area (Å²) in [5.74, 6) is -0.804. The molecule has 0 atom stereocenters. The third kappa shape index (κ3) is 5.34. The molecule has 0 unspecified atom stereocenters. The smallest absolute Gasteiger partial charge is 0.177 e. The zero-order valence-corrected chi connectivity index (χ0v) is 19.4. The number of ether oxygens (including phenoxy) is 3. The molecule has 0 saturated carbocycles. The first-order chi connectivity index (χ1) is 16.1. The minimum atomic E-state index is -0.813. The Morgan fingerprint density at radius 2 is 1.36 bits per heavy atom. The second kappa shape index (κ2) is 10.5. The Morgan fingerprint density at radius 1 is 0.758 bits per heavy atom. The molecule has 0 aromatic heterocycles. The van der Waals surface area contributed by atoms with E-state index in [0.717, 1.165) is 11.1 Å². The lowest BCUT2D eigenvalue weighted by Crippen LogP contribution is -2.02. The largest absolute Gasteiger partial charge is 0.492 e. The highest BCUT2D eigenvalue weighted by Gasteiger charge is 2.23. The van der Waals surface area contributed by atoms with Gasteiger partial charge in [-0.05, 0) is 45.3 Å². The fraction of sp³-hybridized carbons (Fsp3) is 0.111. The Labute approximate surface area is 199 Å². The van der Waals surface area contributed by atoms with E-state index in [1.54, 1.807) is 18.2 Å². The van der Waals surface area contributed by atoms with Crippen LogP contribution < -0.4 is 14.2 Å². The Bertz CT molecular complexity index is 1230. The third-order valence-electron chi connectivity index (χ3n) is 5.04. The average Bonchev–Trinajstić information content (AvgIpc) is 2.83. The van der Waals surface area contributed by atoms with Gasteiger partial charge in [0.25, 0.3) is 0 Å². The summed E-state index contributed by atoms with van der Waals surface area (Å²) < 4.78 is 47.4. The van der Waals surface area contributed by atoms with Crippen LogP contribution in [0.5, 0.6) is 17.2 Å². The van der Waals surface area contributed by atoms with E-state index in [4.69, 9.17) is 14.2 Å². The molecule has 4 rings (SSSR count). The van der Waals surface area contributed by atoms with Crippen molar-refractivity contribution < 1.29 is 23.0 Å². The van der Waals surface area contributed by atoms with Crippen LogP contribution in [0.15, 0.2) is 89.4 Å². The average molecular weight is 511 g/mol. The van der Waals surface area contributed by atoms with Crippen LogP contribution in [0, 0.1) is 11.6 Å². The van der Waals surface area contributed by atoms with Crippen LogP contribution in [-0.4, -0.2) is 7.11 Å². The van der Waals surface area contributed by atoms with E-state index in [0.29, 0.717) is 18.1 Å². The topological polar surface area (TPSA) is 27.7 Å². The quantitative estimate of drug-likeness (QED) is 0.244. The van der Waals surface area contributed by atoms with Crippen molar-refractivity contribution in [1.29, 1.82) is 0 Å². The number of hydrogen-bond donors (Lipinski definition) is 0. The molecule has 6 heteroatoms. The molecule has 0 amide bonds. The number of hydrogen-bond acceptors (Lipinski definition) is 3. The van der Waals surface area contributed by atoms with Gasteiger partial charge in [-0.15, -0.1) is 0 Å². The SMILES string of the molecule is COc1c(Br)cc(F)c(-c2ccc(OCc3ccccc3)cc2OCc2ccccc2)c1F. The van der Waals surface area contributed by atoms with E-state index in [1.165, 1.54) is 13.2 Å². The molecule has 0 bridgehead atoms. The molecule has 0 heterocycles. The van der Waals surface area contributed by atoms with Gasteiger partial charge in [-0.1, -0.05) is 60.7 Å². The summed E-state index contributed by atoms with van der Waals surface area (Å²) in [5, 5.41) is 0. The van der Waals surface area contributed by atoms with Crippen molar-refractivity contribution >= 4 is 15.9 Å². The van der Waals surface area contributed by atoms with E-state index >= 15 is 4.39 Å². The number of benzene rings is 4. The molecular weight excluding hydrogens is 490 g/mol. The van der Waals surface area contributed by atoms with Crippen molar-refractivity contribution in [2.45, 2.75) is 13.2 Å². The molecule has 4 aromatic rings. The standard InChI is InChI=1S/C27H21BrF2O3/c1-31-27-22(28)15-23(29)25(26(27)30)21-13-12-20(32-16-18-8-4-2-5-9-18)14-24(21)33-17-19-10-6-3-7-11-19/h2-15H,16-17H2,1H3. The number of halogens is 3. The summed E-state index contributed by atoms with van der Waals surface area (Å²) in [4.78, 5) is 0. The summed E-state index contributed by atoms with van der Waals surface area (Å²) >= 11 is 3.14. The normalized spacial score (nSPS) is 10.7. The lowest BCUT2D eigenvalue weighted by atomic mass is 10.0. The second-order valence-corrected chi connectivity index (χ2v) is 8.12. The molecule has 0 aliphatic rings. The van der Waals surface area contributed by atoms with Crippen molar-refractivity contribution in [3.8, 4) is 28.4 Å². The third-order valence-corrected chi connectivity index (χ3v) is 5.63. The monoisotopic (exact) mass is 510 g/mol. The molecule has 0 N–H and O–H groups in total. The van der Waals surface area contributed by atoms with Gasteiger partial charge < -0.3 is 14.2 Å². The Kier molecular flexibility index (Phi) is 7.25. The van der Waals surface area contributed by atoms with Gasteiger partial charge >= 0.3 is 0 Å². The zero-order valence-electron chi connectivity index (χ0n) is 17.9. The van der Waals surface area contributed by atoms with Crippen molar-refractivity contribution in [2.24, 2.45) is 0 Å². The summed E-state index contributed by atoms with van der Waals surface area (Å²) in [6, 6.07) is 25.3. The van der Waals surface area contributed by atoms with Gasteiger partial charge in [0.1, 0.15) is 30.5 Å². The Balaban J connectivity index is 1.71. The summed E-state index contributed by atoms with van der Waals surface area (Å²) in [6.45, 7) is 0.583. The molecule has 3 nitrogen and oxygen atoms in total. The minimum Gasteiger partial charge on any atom is -0.492 e. The zero-order chi connectivity index (χ0) is 23.2. The van der Waals surface area contributed by atoms with Gasteiger partial charge in [-0.25, -0.2) is 8.78 Å². The van der Waals surface area contributed by atoms with E-state index in [-0.39, 0.29) is 28.0 Å². The lowest BCUT2D eigenvalue weighted by molar-refractivity contribution is 0.290. The second-order valence-electron chi connectivity index (χ2n) is 7.27. The number of rotatable bonds is 8. The molecule has 168 valence electrons. The highest BCUT2D eigenvalue weighted by atomic mass is 79.9. The minimum absolute atomic E-state index is 0.0789. The van der Waals surface area contributed by atoms with Crippen molar-refractivity contribution in [2.75, 3.05) is 7.11 Å². The summed E-state index contributed by atoms with van der Waals surface area (Å²) in [7, 11) is 1.33. The molecule has 0 spiro atoms. The van der Waals surface area contributed by atoms with Gasteiger partial charge in [0.15, 0.2) is 11.6 Å². The lowest BCUT2D eigenvalue weighted by Gasteiger charge is -2.17. The first-order valence-electron chi connectivity index (χ1n) is 10.3. The molecule has 0 saturated heterocycles. The first-order valence-corrected chi connectivity index (χ1v) is 11.1. The maximum atomic E-state index is 15.2. The predicted octanol–water partition coefficient (Wildman–Crippen LogP) is 7.56. The summed E-state index contributed by atoms with van der Waals surface area (Å²) in [5.41, 5.74) is 1.96. The van der Waals surface area contributed by atoms with E-state index < -0.39 is 11.6 Å². The molecule has 0 fully saturated rings. The van der Waals surface area contributed by atoms with Gasteiger partial charge in [0, 0.05) is 11.6 Å². The van der Waals surface area contributed by atoms with E-state index in [2.05, 4.69) is 15.9 Å². The van der Waals surface area contributed by atoms with Crippen LogP contribution in [0.1, 0.15) is 11.1 Å². The maximum Gasteiger partial charge on any atom is 0.177 e. The molecule has 33 heavy (non-hydrogen) atoms. The van der Waals surface area contributed by atoms with E-state index in [1.807, 2.05) is 60.7 Å². The highest BCUT2D eigenvalue weighted by molar-refractivity contribution is 9.10. The molecular formula is C27H21BrF2O3. The van der Waals surface area contributed by atoms with Gasteiger partial charge in [0.05, 0.1) is 17.1 Å². The molecule has 0 aliphatic heterocycles. The van der Waals surface area contributed by atoms with Crippen LogP contribution in [0.3, 0.4) is 0 Å². The molecule has 0 aliphatic carbocycles. The predicted molar refractivity (Wildman–Crippen MR) is 128 cm³/mol. The Hall–Kier alpha value is -3.38. The first kappa shape index (κ1) is 22.8. The van der Waals surface area contributed by atoms with Crippen molar-refractivity contribution in [3.05, 3.63) is 112 Å². The maximum absolute atomic E-state index is 15.2. The fourth-order valence-electron chi connectivity index (χ4n) is 3.40. The van der Waals surface area contributed by atoms with Crippen LogP contribution in [-0.2, 0) is 13.2 Å². The van der Waals surface area contributed by atoms with E-state index in [9.17, 15) is 4.39 Å². The van der Waals surface area contributed by atoms with Crippen LogP contribution >= 0.6 is 15.9 Å². The summed E-state index contributed by atoms with van der Waals surface area (Å²) in [6.07, 6.45) is 0. The van der Waals surface area contributed by atoms with Crippen LogP contribution in [0.4, 0.5) is 8.78 Å². The molecule has 4 aromatic carbocycles. The van der Waals surface area contributed by atoms with Crippen molar-refractivity contribution in [1.82, 2.24) is 0 Å². The van der Waals surface area contributed by atoms with Gasteiger partial charge in [-0.3, -0.25) is 0 Å².